The summed E-state index contributed by atoms with van der Waals surface area (Å²) >= 11 is 0. The van der Waals surface area contributed by atoms with Gasteiger partial charge in [-0.25, -0.2) is 0 Å². The Hall–Kier alpha value is -3.20. The Bertz CT molecular complexity index is 1090. The lowest BCUT2D eigenvalue weighted by molar-refractivity contribution is 0.694. The van der Waals surface area contributed by atoms with Crippen LogP contribution >= 0.6 is 0 Å². The van der Waals surface area contributed by atoms with Crippen molar-refractivity contribution in [3.05, 3.63) is 52.6 Å². The SMILES string of the molecule is C[C@@H](Nc1c(C#N)nnc2cc(-c3ccc(=O)n(C)c3)ccc12)C1CC1. The van der Waals surface area contributed by atoms with Crippen molar-refractivity contribution in [1.29, 1.82) is 5.26 Å². The van der Waals surface area contributed by atoms with Crippen LogP contribution in [0.1, 0.15) is 25.5 Å². The van der Waals surface area contributed by atoms with Gasteiger partial charge in [0.05, 0.1) is 11.2 Å². The van der Waals surface area contributed by atoms with E-state index in [9.17, 15) is 10.1 Å². The Morgan fingerprint density at radius 1 is 1.23 bits per heavy atom. The lowest BCUT2D eigenvalue weighted by Gasteiger charge is -2.17. The van der Waals surface area contributed by atoms with Crippen molar-refractivity contribution < 1.29 is 0 Å². The molecule has 0 radical (unpaired) electrons. The molecule has 26 heavy (non-hydrogen) atoms. The molecule has 0 amide bonds. The van der Waals surface area contributed by atoms with Gasteiger partial charge >= 0.3 is 0 Å². The molecule has 130 valence electrons. The van der Waals surface area contributed by atoms with Gasteiger partial charge in [-0.05, 0) is 55.0 Å². The Kier molecular flexibility index (Phi) is 3.92. The van der Waals surface area contributed by atoms with Crippen LogP contribution in [0.2, 0.25) is 0 Å². The quantitative estimate of drug-likeness (QED) is 0.785. The van der Waals surface area contributed by atoms with Gasteiger partial charge < -0.3 is 9.88 Å². The highest BCUT2D eigenvalue weighted by Crippen LogP contribution is 2.36. The van der Waals surface area contributed by atoms with Crippen molar-refractivity contribution in [2.45, 2.75) is 25.8 Å². The zero-order chi connectivity index (χ0) is 18.3. The second-order valence-corrected chi connectivity index (χ2v) is 6.90. The maximum absolute atomic E-state index is 11.6. The minimum Gasteiger partial charge on any atom is -0.379 e. The third kappa shape index (κ3) is 2.93. The average Bonchev–Trinajstić information content (AvgIpc) is 3.49. The average molecular weight is 345 g/mol. The number of hydrogen-bond acceptors (Lipinski definition) is 5. The monoisotopic (exact) mass is 345 g/mol. The van der Waals surface area contributed by atoms with Gasteiger partial charge in [-0.3, -0.25) is 4.79 Å². The number of fused-ring (bicyclic) bond motifs is 1. The van der Waals surface area contributed by atoms with Gasteiger partial charge in [0.25, 0.3) is 0 Å². The molecule has 0 saturated heterocycles. The van der Waals surface area contributed by atoms with Crippen LogP contribution in [0.25, 0.3) is 22.0 Å². The minimum absolute atomic E-state index is 0.0476. The molecule has 1 aromatic carbocycles. The Balaban J connectivity index is 1.80. The van der Waals surface area contributed by atoms with Crippen molar-refractivity contribution in [3.63, 3.8) is 0 Å². The molecule has 1 saturated carbocycles. The summed E-state index contributed by atoms with van der Waals surface area (Å²) in [6.45, 7) is 2.14. The van der Waals surface area contributed by atoms with E-state index in [2.05, 4.69) is 28.5 Å². The predicted molar refractivity (Wildman–Crippen MR) is 101 cm³/mol. The molecule has 1 atom stereocenters. The van der Waals surface area contributed by atoms with E-state index in [1.807, 2.05) is 18.2 Å². The summed E-state index contributed by atoms with van der Waals surface area (Å²) in [5, 5.41) is 22.1. The number of nitrogens with zero attached hydrogens (tertiary/aromatic N) is 4. The second kappa shape index (κ2) is 6.26. The van der Waals surface area contributed by atoms with E-state index in [-0.39, 0.29) is 5.56 Å². The van der Waals surface area contributed by atoms with Gasteiger partial charge in [-0.2, -0.15) is 5.26 Å². The third-order valence-electron chi connectivity index (χ3n) is 4.99. The van der Waals surface area contributed by atoms with E-state index in [1.165, 1.54) is 12.8 Å². The van der Waals surface area contributed by atoms with Crippen LogP contribution in [0, 0.1) is 17.2 Å². The standard InChI is InChI=1S/C20H19N5O/c1-12(13-3-4-13)22-20-16-7-5-14(9-17(16)23-24-18(20)10-21)15-6-8-19(26)25(2)11-15/h5-9,11-13H,3-4H2,1-2H3,(H,22,23)/t12-/m1/s1. The summed E-state index contributed by atoms with van der Waals surface area (Å²) in [5.41, 5.74) is 3.63. The fourth-order valence-electron chi connectivity index (χ4n) is 3.22. The van der Waals surface area contributed by atoms with Crippen molar-refractivity contribution in [2.24, 2.45) is 13.0 Å². The molecule has 6 nitrogen and oxygen atoms in total. The first kappa shape index (κ1) is 16.3. The maximum atomic E-state index is 11.6. The maximum Gasteiger partial charge on any atom is 0.250 e. The molecule has 0 bridgehead atoms. The van der Waals surface area contributed by atoms with Crippen LogP contribution in [0.3, 0.4) is 0 Å². The number of anilines is 1. The fraction of sp³-hybridized carbons (Fsp3) is 0.300. The van der Waals surface area contributed by atoms with Crippen LogP contribution in [0.5, 0.6) is 0 Å². The highest BCUT2D eigenvalue weighted by atomic mass is 16.1. The van der Waals surface area contributed by atoms with Crippen LogP contribution < -0.4 is 10.9 Å². The van der Waals surface area contributed by atoms with Gasteiger partial charge in [0.1, 0.15) is 6.07 Å². The summed E-state index contributed by atoms with van der Waals surface area (Å²) in [7, 11) is 1.73. The number of aromatic nitrogens is 3. The van der Waals surface area contributed by atoms with Gasteiger partial charge in [-0.1, -0.05) is 6.07 Å². The van der Waals surface area contributed by atoms with Gasteiger partial charge in [0.15, 0.2) is 5.69 Å². The molecule has 1 fully saturated rings. The summed E-state index contributed by atoms with van der Waals surface area (Å²) in [4.78, 5) is 11.6. The van der Waals surface area contributed by atoms with Crippen molar-refractivity contribution >= 4 is 16.6 Å². The zero-order valence-corrected chi connectivity index (χ0v) is 14.7. The summed E-state index contributed by atoms with van der Waals surface area (Å²) in [6, 6.07) is 11.7. The molecule has 2 heterocycles. The molecule has 0 unspecified atom stereocenters. The van der Waals surface area contributed by atoms with E-state index < -0.39 is 0 Å². The van der Waals surface area contributed by atoms with Crippen molar-refractivity contribution in [2.75, 3.05) is 5.32 Å². The first-order valence-corrected chi connectivity index (χ1v) is 8.71. The Morgan fingerprint density at radius 3 is 2.69 bits per heavy atom. The summed E-state index contributed by atoms with van der Waals surface area (Å²) < 4.78 is 1.55. The molecule has 0 spiro atoms. The molecule has 6 heteroatoms. The first-order chi connectivity index (χ1) is 12.6. The molecule has 2 aromatic heterocycles. The highest BCUT2D eigenvalue weighted by Gasteiger charge is 2.29. The van der Waals surface area contributed by atoms with Gasteiger partial charge in [-0.15, -0.1) is 10.2 Å². The first-order valence-electron chi connectivity index (χ1n) is 8.71. The van der Waals surface area contributed by atoms with Crippen LogP contribution in [0.15, 0.2) is 41.3 Å². The van der Waals surface area contributed by atoms with Crippen LogP contribution in [-0.2, 0) is 7.05 Å². The van der Waals surface area contributed by atoms with E-state index in [0.717, 1.165) is 27.7 Å². The lowest BCUT2D eigenvalue weighted by Crippen LogP contribution is -2.19. The van der Waals surface area contributed by atoms with Crippen molar-refractivity contribution in [3.8, 4) is 17.2 Å². The highest BCUT2D eigenvalue weighted by molar-refractivity contribution is 5.95. The van der Waals surface area contributed by atoms with E-state index in [0.29, 0.717) is 17.7 Å². The second-order valence-electron chi connectivity index (χ2n) is 6.90. The molecule has 4 rings (SSSR count). The van der Waals surface area contributed by atoms with Crippen LogP contribution in [-0.4, -0.2) is 20.8 Å². The van der Waals surface area contributed by atoms with Gasteiger partial charge in [0.2, 0.25) is 5.56 Å². The largest absolute Gasteiger partial charge is 0.379 e. The molecule has 1 N–H and O–H groups in total. The van der Waals surface area contributed by atoms with Crippen LogP contribution in [0.4, 0.5) is 5.69 Å². The van der Waals surface area contributed by atoms with Gasteiger partial charge in [0, 0.05) is 30.7 Å². The molecular formula is C20H19N5O. The Morgan fingerprint density at radius 2 is 2.00 bits per heavy atom. The molecule has 1 aliphatic rings. The predicted octanol–water partition coefficient (Wildman–Crippen LogP) is 3.08. The number of pyridine rings is 1. The number of nitriles is 1. The zero-order valence-electron chi connectivity index (χ0n) is 14.7. The minimum atomic E-state index is -0.0476. The molecular weight excluding hydrogens is 326 g/mol. The summed E-state index contributed by atoms with van der Waals surface area (Å²) in [6.07, 6.45) is 4.25. The fourth-order valence-corrected chi connectivity index (χ4v) is 3.22. The normalized spacial score (nSPS) is 14.8. The van der Waals surface area contributed by atoms with E-state index in [4.69, 9.17) is 0 Å². The van der Waals surface area contributed by atoms with Crippen molar-refractivity contribution in [1.82, 2.24) is 14.8 Å². The number of rotatable bonds is 4. The molecule has 0 aliphatic heterocycles. The smallest absolute Gasteiger partial charge is 0.250 e. The Labute approximate surface area is 151 Å². The topological polar surface area (TPSA) is 83.6 Å². The summed E-state index contributed by atoms with van der Waals surface area (Å²) in [5.74, 6) is 0.662. The lowest BCUT2D eigenvalue weighted by atomic mass is 10.0. The van der Waals surface area contributed by atoms with E-state index in [1.54, 1.807) is 29.9 Å². The number of hydrogen-bond donors (Lipinski definition) is 1. The molecule has 1 aliphatic carbocycles. The third-order valence-corrected chi connectivity index (χ3v) is 4.99. The number of nitrogens with one attached hydrogen (secondary N) is 1. The number of aryl methyl sites for hydroxylation is 1. The van der Waals surface area contributed by atoms with E-state index >= 15 is 0 Å². The molecule has 3 aromatic rings. The number of benzene rings is 1.